The molecule has 2 amide bonds. The number of thiophene rings is 1. The number of carbonyl (C=O) groups is 3. The predicted octanol–water partition coefficient (Wildman–Crippen LogP) is 3.84. The van der Waals surface area contributed by atoms with Gasteiger partial charge < -0.3 is 15.8 Å². The number of hydrogen-bond donors (Lipinski definition) is 2. The SMILES string of the molecule is NC(=O)c1c(NC(=O)COC(=O)c2ccc(SC(F)F)cc2)sc2c1CCCC2. The molecule has 1 aliphatic rings. The molecular weight excluding hydrogens is 422 g/mol. The Bertz CT molecular complexity index is 929. The van der Waals surface area contributed by atoms with E-state index in [1.165, 1.54) is 35.6 Å². The molecule has 0 radical (unpaired) electrons. The van der Waals surface area contributed by atoms with Crippen molar-refractivity contribution >= 4 is 45.9 Å². The third-order valence-electron chi connectivity index (χ3n) is 4.32. The first-order chi connectivity index (χ1) is 13.8. The average molecular weight is 440 g/mol. The minimum absolute atomic E-state index is 0.140. The van der Waals surface area contributed by atoms with Crippen LogP contribution < -0.4 is 11.1 Å². The number of ether oxygens (including phenoxy) is 1. The Labute approximate surface area is 173 Å². The molecular formula is C19H18F2N2O4S2. The van der Waals surface area contributed by atoms with Crippen LogP contribution in [-0.2, 0) is 22.4 Å². The van der Waals surface area contributed by atoms with Crippen molar-refractivity contribution in [2.24, 2.45) is 5.73 Å². The van der Waals surface area contributed by atoms with Crippen LogP contribution >= 0.6 is 23.1 Å². The van der Waals surface area contributed by atoms with Crippen molar-refractivity contribution in [2.75, 3.05) is 11.9 Å². The fourth-order valence-electron chi connectivity index (χ4n) is 3.06. The van der Waals surface area contributed by atoms with Crippen LogP contribution in [0.25, 0.3) is 0 Å². The minimum atomic E-state index is -2.55. The second kappa shape index (κ2) is 9.36. The molecule has 3 rings (SSSR count). The summed E-state index contributed by atoms with van der Waals surface area (Å²) >= 11 is 1.69. The van der Waals surface area contributed by atoms with E-state index in [1.54, 1.807) is 0 Å². The molecule has 6 nitrogen and oxygen atoms in total. The molecule has 0 unspecified atom stereocenters. The number of esters is 1. The number of nitrogens with two attached hydrogens (primary N) is 1. The van der Waals surface area contributed by atoms with Crippen molar-refractivity contribution in [3.8, 4) is 0 Å². The highest BCUT2D eigenvalue weighted by Crippen LogP contribution is 2.37. The summed E-state index contributed by atoms with van der Waals surface area (Å²) in [5.41, 5.74) is 6.84. The zero-order valence-electron chi connectivity index (χ0n) is 15.2. The number of benzene rings is 1. The molecule has 0 aliphatic heterocycles. The van der Waals surface area contributed by atoms with E-state index in [9.17, 15) is 23.2 Å². The number of alkyl halides is 2. The summed E-state index contributed by atoms with van der Waals surface area (Å²) in [4.78, 5) is 37.4. The number of fused-ring (bicyclic) bond motifs is 1. The minimum Gasteiger partial charge on any atom is -0.452 e. The summed E-state index contributed by atoms with van der Waals surface area (Å²) < 4.78 is 29.6. The molecule has 1 aliphatic carbocycles. The molecule has 0 saturated heterocycles. The van der Waals surface area contributed by atoms with E-state index in [4.69, 9.17) is 10.5 Å². The Morgan fingerprint density at radius 1 is 1.17 bits per heavy atom. The molecule has 0 bridgehead atoms. The maximum absolute atomic E-state index is 12.3. The molecule has 29 heavy (non-hydrogen) atoms. The van der Waals surface area contributed by atoms with Crippen molar-refractivity contribution in [3.05, 3.63) is 45.8 Å². The Kier molecular flexibility index (Phi) is 6.86. The summed E-state index contributed by atoms with van der Waals surface area (Å²) in [6.45, 7) is -0.548. The lowest BCUT2D eigenvalue weighted by atomic mass is 9.95. The van der Waals surface area contributed by atoms with Gasteiger partial charge >= 0.3 is 5.97 Å². The zero-order valence-corrected chi connectivity index (χ0v) is 16.8. The quantitative estimate of drug-likeness (QED) is 0.504. The van der Waals surface area contributed by atoms with E-state index < -0.39 is 30.1 Å². The van der Waals surface area contributed by atoms with Crippen molar-refractivity contribution in [3.63, 3.8) is 0 Å². The average Bonchev–Trinajstić information content (AvgIpc) is 3.04. The van der Waals surface area contributed by atoms with Crippen LogP contribution in [0, 0.1) is 0 Å². The summed E-state index contributed by atoms with van der Waals surface area (Å²) in [5.74, 6) is -4.50. The number of amides is 2. The summed E-state index contributed by atoms with van der Waals surface area (Å²) in [6, 6.07) is 5.46. The van der Waals surface area contributed by atoms with Gasteiger partial charge in [0.1, 0.15) is 5.00 Å². The maximum atomic E-state index is 12.3. The molecule has 0 spiro atoms. The van der Waals surface area contributed by atoms with Gasteiger partial charge in [-0.15, -0.1) is 11.3 Å². The van der Waals surface area contributed by atoms with E-state index in [-0.39, 0.29) is 5.56 Å². The van der Waals surface area contributed by atoms with Crippen LogP contribution in [0.3, 0.4) is 0 Å². The van der Waals surface area contributed by atoms with Crippen LogP contribution in [-0.4, -0.2) is 30.1 Å². The molecule has 3 N–H and O–H groups in total. The number of hydrogen-bond acceptors (Lipinski definition) is 6. The number of carbonyl (C=O) groups excluding carboxylic acids is 3. The normalized spacial score (nSPS) is 13.1. The molecule has 154 valence electrons. The van der Waals surface area contributed by atoms with E-state index in [1.807, 2.05) is 0 Å². The number of anilines is 1. The first-order valence-corrected chi connectivity index (χ1v) is 10.5. The monoisotopic (exact) mass is 440 g/mol. The molecule has 2 aromatic rings. The Balaban J connectivity index is 1.59. The van der Waals surface area contributed by atoms with Crippen molar-refractivity contribution in [2.45, 2.75) is 36.3 Å². The zero-order chi connectivity index (χ0) is 21.0. The van der Waals surface area contributed by atoms with Crippen LogP contribution in [0.4, 0.5) is 13.8 Å². The lowest BCUT2D eigenvalue weighted by Gasteiger charge is -2.11. The standard InChI is InChI=1S/C19H18F2N2O4S2/c20-19(21)28-11-7-5-10(6-8-11)18(26)27-9-14(24)23-17-15(16(22)25)12-3-1-2-4-13(12)29-17/h5-8,19H,1-4,9H2,(H2,22,25)(H,23,24). The van der Waals surface area contributed by atoms with Gasteiger partial charge in [-0.1, -0.05) is 11.8 Å². The Morgan fingerprint density at radius 2 is 1.86 bits per heavy atom. The smallest absolute Gasteiger partial charge is 0.338 e. The number of thioether (sulfide) groups is 1. The molecule has 10 heteroatoms. The van der Waals surface area contributed by atoms with Gasteiger partial charge in [-0.05, 0) is 55.5 Å². The molecule has 0 fully saturated rings. The highest BCUT2D eigenvalue weighted by atomic mass is 32.2. The Morgan fingerprint density at radius 3 is 2.52 bits per heavy atom. The van der Waals surface area contributed by atoms with Gasteiger partial charge in [-0.2, -0.15) is 8.78 Å². The predicted molar refractivity (Wildman–Crippen MR) is 107 cm³/mol. The van der Waals surface area contributed by atoms with Crippen LogP contribution in [0.5, 0.6) is 0 Å². The van der Waals surface area contributed by atoms with Crippen LogP contribution in [0.15, 0.2) is 29.2 Å². The van der Waals surface area contributed by atoms with Crippen LogP contribution in [0.1, 0.15) is 44.0 Å². The van der Waals surface area contributed by atoms with Crippen molar-refractivity contribution in [1.29, 1.82) is 0 Å². The number of aryl methyl sites for hydroxylation is 1. The van der Waals surface area contributed by atoms with Gasteiger partial charge in [0, 0.05) is 9.77 Å². The Hall–Kier alpha value is -2.46. The first kappa shape index (κ1) is 21.3. The van der Waals surface area contributed by atoms with E-state index >= 15 is 0 Å². The van der Waals surface area contributed by atoms with Gasteiger partial charge in [-0.25, -0.2) is 4.79 Å². The van der Waals surface area contributed by atoms with Crippen LogP contribution in [0.2, 0.25) is 0 Å². The lowest BCUT2D eigenvalue weighted by molar-refractivity contribution is -0.119. The van der Waals surface area contributed by atoms with Gasteiger partial charge in [0.05, 0.1) is 11.1 Å². The van der Waals surface area contributed by atoms with Gasteiger partial charge in [0.15, 0.2) is 6.61 Å². The summed E-state index contributed by atoms with van der Waals surface area (Å²) in [5, 5.41) is 2.98. The lowest BCUT2D eigenvalue weighted by Crippen LogP contribution is -2.23. The summed E-state index contributed by atoms with van der Waals surface area (Å²) in [6.07, 6.45) is 3.56. The molecule has 1 aromatic carbocycles. The fourth-order valence-corrected chi connectivity index (χ4v) is 4.87. The second-order valence-corrected chi connectivity index (χ2v) is 8.48. The van der Waals surface area contributed by atoms with Crippen molar-refractivity contribution < 1.29 is 27.9 Å². The molecule has 1 heterocycles. The third kappa shape index (κ3) is 5.33. The maximum Gasteiger partial charge on any atom is 0.338 e. The van der Waals surface area contributed by atoms with E-state index in [0.717, 1.165) is 36.1 Å². The van der Waals surface area contributed by atoms with Crippen molar-refractivity contribution in [1.82, 2.24) is 0 Å². The fraction of sp³-hybridized carbons (Fsp3) is 0.316. The molecule has 1 aromatic heterocycles. The third-order valence-corrected chi connectivity index (χ3v) is 6.25. The highest BCUT2D eigenvalue weighted by Gasteiger charge is 2.25. The van der Waals surface area contributed by atoms with E-state index in [2.05, 4.69) is 5.32 Å². The molecule has 0 atom stereocenters. The number of primary amides is 1. The van der Waals surface area contributed by atoms with Gasteiger partial charge in [0.2, 0.25) is 0 Å². The topological polar surface area (TPSA) is 98.5 Å². The summed E-state index contributed by atoms with van der Waals surface area (Å²) in [7, 11) is 0. The van der Waals surface area contributed by atoms with Gasteiger partial charge in [-0.3, -0.25) is 9.59 Å². The number of rotatable bonds is 7. The largest absolute Gasteiger partial charge is 0.452 e. The molecule has 0 saturated carbocycles. The van der Waals surface area contributed by atoms with E-state index in [0.29, 0.717) is 27.2 Å². The highest BCUT2D eigenvalue weighted by molar-refractivity contribution is 7.99. The second-order valence-electron chi connectivity index (χ2n) is 6.31. The number of nitrogens with one attached hydrogen (secondary N) is 1. The number of halogens is 2. The first-order valence-electron chi connectivity index (χ1n) is 8.81. The van der Waals surface area contributed by atoms with Gasteiger partial charge in [0.25, 0.3) is 17.6 Å².